The summed E-state index contributed by atoms with van der Waals surface area (Å²) in [4.78, 5) is 29.3. The molecule has 2 amide bonds. The zero-order valence-corrected chi connectivity index (χ0v) is 20.0. The third-order valence-electron chi connectivity index (χ3n) is 7.16. The maximum Gasteiger partial charge on any atom is 0.262 e. The second kappa shape index (κ2) is 8.24. The van der Waals surface area contributed by atoms with Gasteiger partial charge in [-0.15, -0.1) is 0 Å². The Hall–Kier alpha value is -1.04. The lowest BCUT2D eigenvalue weighted by molar-refractivity contribution is -0.139. The van der Waals surface area contributed by atoms with Crippen LogP contribution in [0.4, 0.5) is 0 Å². The normalized spacial score (nSPS) is 32.7. The van der Waals surface area contributed by atoms with Gasteiger partial charge in [-0.05, 0) is 60.8 Å². The molecule has 0 bridgehead atoms. The first kappa shape index (κ1) is 21.2. The van der Waals surface area contributed by atoms with Crippen LogP contribution in [-0.2, 0) is 9.59 Å². The molecule has 0 N–H and O–H groups in total. The van der Waals surface area contributed by atoms with Crippen molar-refractivity contribution in [1.82, 2.24) is 4.90 Å². The van der Waals surface area contributed by atoms with Crippen molar-refractivity contribution < 1.29 is 9.59 Å². The number of nitrogens with zero attached hydrogens (tertiary/aromatic N) is 1. The minimum absolute atomic E-state index is 0.0295. The number of carbonyl (C=O) groups is 2. The molecule has 0 unspecified atom stereocenters. The maximum atomic E-state index is 13.9. The Balaban J connectivity index is 1.80. The predicted molar refractivity (Wildman–Crippen MR) is 124 cm³/mol. The summed E-state index contributed by atoms with van der Waals surface area (Å²) in [6, 6.07) is 9.80. The highest BCUT2D eigenvalue weighted by Crippen LogP contribution is 2.71. The molecule has 3 heterocycles. The van der Waals surface area contributed by atoms with Gasteiger partial charge >= 0.3 is 0 Å². The molecule has 0 aliphatic carbocycles. The second-order valence-corrected chi connectivity index (χ2v) is 15.2. The van der Waals surface area contributed by atoms with Gasteiger partial charge in [0.1, 0.15) is 0 Å². The highest BCUT2D eigenvalue weighted by atomic mass is 31.1. The molecule has 2 fully saturated rings. The Labute approximate surface area is 177 Å². The van der Waals surface area contributed by atoms with E-state index in [1.165, 1.54) is 25.7 Å². The van der Waals surface area contributed by atoms with Crippen LogP contribution in [0.5, 0.6) is 0 Å². The third kappa shape index (κ3) is 3.53. The van der Waals surface area contributed by atoms with Crippen LogP contribution in [0.2, 0.25) is 0 Å². The highest BCUT2D eigenvalue weighted by molar-refractivity contribution is 7.70. The average Bonchev–Trinajstić information content (AvgIpc) is 3.29. The summed E-state index contributed by atoms with van der Waals surface area (Å²) < 4.78 is 0. The summed E-state index contributed by atoms with van der Waals surface area (Å²) in [5, 5.41) is 1.94. The van der Waals surface area contributed by atoms with Crippen molar-refractivity contribution in [3.8, 4) is 0 Å². The molecule has 29 heavy (non-hydrogen) atoms. The van der Waals surface area contributed by atoms with E-state index < -0.39 is 15.8 Å². The molecule has 1 aromatic carbocycles. The highest BCUT2D eigenvalue weighted by Gasteiger charge is 2.51. The molecular weight excluding hydrogens is 396 g/mol. The van der Waals surface area contributed by atoms with E-state index in [0.717, 1.165) is 16.2 Å². The summed E-state index contributed by atoms with van der Waals surface area (Å²) in [6.45, 7) is 11.2. The number of hydrogen-bond donors (Lipinski definition) is 0. The first-order valence-corrected chi connectivity index (χ1v) is 14.0. The van der Waals surface area contributed by atoms with Crippen LogP contribution in [0.3, 0.4) is 0 Å². The van der Waals surface area contributed by atoms with Crippen molar-refractivity contribution in [3.63, 3.8) is 0 Å². The molecule has 3 aliphatic heterocycles. The van der Waals surface area contributed by atoms with Crippen molar-refractivity contribution in [2.75, 3.05) is 0 Å². The molecule has 0 radical (unpaired) electrons. The number of imide groups is 1. The molecule has 4 rings (SSSR count). The van der Waals surface area contributed by atoms with Crippen LogP contribution < -0.4 is 0 Å². The Kier molecular flexibility index (Phi) is 6.02. The van der Waals surface area contributed by atoms with Crippen LogP contribution >= 0.6 is 15.8 Å². The standard InChI is InChI=1S/C24H33NO2P2/c1-15-11-12-16(2)28(15)21-22(29-17(3)13-14-18(29)4)24(27)25(23(21)26)19(5)20-9-7-6-8-10-20/h6-10,15-19H,11-14H2,1-5H3/t15-,16-,17-,18-,19-/m1/s1. The zero-order valence-electron chi connectivity index (χ0n) is 18.3. The smallest absolute Gasteiger partial charge is 0.262 e. The molecule has 0 saturated carbocycles. The lowest BCUT2D eigenvalue weighted by Gasteiger charge is -2.26. The quantitative estimate of drug-likeness (QED) is 0.408. The largest absolute Gasteiger partial charge is 0.268 e. The van der Waals surface area contributed by atoms with Crippen molar-refractivity contribution in [3.05, 3.63) is 46.5 Å². The molecule has 1 aromatic rings. The molecule has 3 nitrogen and oxygen atoms in total. The number of amides is 2. The molecule has 0 spiro atoms. The topological polar surface area (TPSA) is 37.4 Å². The van der Waals surface area contributed by atoms with Gasteiger partial charge in [0.05, 0.1) is 16.7 Å². The maximum absolute atomic E-state index is 13.9. The molecule has 3 aliphatic rings. The van der Waals surface area contributed by atoms with Crippen LogP contribution in [0, 0.1) is 0 Å². The molecule has 156 valence electrons. The predicted octanol–water partition coefficient (Wildman–Crippen LogP) is 6.43. The first-order chi connectivity index (χ1) is 13.8. The van der Waals surface area contributed by atoms with Gasteiger partial charge in [-0.3, -0.25) is 14.5 Å². The van der Waals surface area contributed by atoms with E-state index in [0.29, 0.717) is 22.6 Å². The summed E-state index contributed by atoms with van der Waals surface area (Å²) in [5.41, 5.74) is 3.19. The zero-order chi connectivity index (χ0) is 20.9. The fraction of sp³-hybridized carbons (Fsp3) is 0.583. The van der Waals surface area contributed by atoms with E-state index >= 15 is 0 Å². The van der Waals surface area contributed by atoms with Gasteiger partial charge in [-0.2, -0.15) is 0 Å². The Morgan fingerprint density at radius 3 is 1.52 bits per heavy atom. The lowest BCUT2D eigenvalue weighted by Crippen LogP contribution is -2.34. The number of carbonyl (C=O) groups excluding carboxylic acids is 2. The van der Waals surface area contributed by atoms with Crippen LogP contribution in [-0.4, -0.2) is 39.4 Å². The van der Waals surface area contributed by atoms with Gasteiger partial charge in [0.25, 0.3) is 11.8 Å². The monoisotopic (exact) mass is 429 g/mol. The van der Waals surface area contributed by atoms with Crippen LogP contribution in [0.15, 0.2) is 41.0 Å². The number of benzene rings is 1. The van der Waals surface area contributed by atoms with Gasteiger partial charge in [0, 0.05) is 0 Å². The van der Waals surface area contributed by atoms with Crippen LogP contribution in [0.1, 0.15) is 71.9 Å². The van der Waals surface area contributed by atoms with E-state index in [1.807, 2.05) is 37.3 Å². The minimum atomic E-state index is -0.565. The second-order valence-electron chi connectivity index (χ2n) is 9.13. The van der Waals surface area contributed by atoms with Gasteiger partial charge < -0.3 is 0 Å². The fourth-order valence-electron chi connectivity index (χ4n) is 5.49. The van der Waals surface area contributed by atoms with Gasteiger partial charge in [-0.25, -0.2) is 0 Å². The molecule has 5 atom stereocenters. The molecule has 0 aromatic heterocycles. The lowest BCUT2D eigenvalue weighted by atomic mass is 10.1. The van der Waals surface area contributed by atoms with Crippen molar-refractivity contribution in [2.45, 2.75) is 89.0 Å². The summed E-state index contributed by atoms with van der Waals surface area (Å²) >= 11 is 0. The Morgan fingerprint density at radius 1 is 0.759 bits per heavy atom. The van der Waals surface area contributed by atoms with Crippen molar-refractivity contribution >= 4 is 27.7 Å². The SMILES string of the molecule is C[C@H](c1ccccc1)N1C(=O)C(P2[C@H](C)CC[C@H]2C)=C(P2[C@H](C)CC[C@H]2C)C1=O. The third-order valence-corrected chi connectivity index (χ3v) is 14.0. The van der Waals surface area contributed by atoms with Gasteiger partial charge in [0.15, 0.2) is 0 Å². The number of rotatable bonds is 4. The van der Waals surface area contributed by atoms with E-state index in [4.69, 9.17) is 0 Å². The molecule has 5 heteroatoms. The number of hydrogen-bond acceptors (Lipinski definition) is 2. The summed E-state index contributed by atoms with van der Waals surface area (Å²) in [5.74, 6) is 0.0590. The molecule has 2 saturated heterocycles. The van der Waals surface area contributed by atoms with Crippen molar-refractivity contribution in [2.24, 2.45) is 0 Å². The average molecular weight is 429 g/mol. The van der Waals surface area contributed by atoms with E-state index in [1.54, 1.807) is 4.90 Å². The minimum Gasteiger partial charge on any atom is -0.268 e. The summed E-state index contributed by atoms with van der Waals surface area (Å²) in [7, 11) is -1.13. The molecular formula is C24H33NO2P2. The first-order valence-electron chi connectivity index (χ1n) is 11.1. The Bertz CT molecular complexity index is 771. The van der Waals surface area contributed by atoms with Crippen LogP contribution in [0.25, 0.3) is 0 Å². The summed E-state index contributed by atoms with van der Waals surface area (Å²) in [6.07, 6.45) is 4.73. The van der Waals surface area contributed by atoms with E-state index in [-0.39, 0.29) is 17.9 Å². The Morgan fingerprint density at radius 2 is 1.14 bits per heavy atom. The van der Waals surface area contributed by atoms with Crippen molar-refractivity contribution in [1.29, 1.82) is 0 Å². The van der Waals surface area contributed by atoms with E-state index in [9.17, 15) is 9.59 Å². The van der Waals surface area contributed by atoms with Gasteiger partial charge in [0.2, 0.25) is 0 Å². The fourth-order valence-corrected chi connectivity index (χ4v) is 12.7. The van der Waals surface area contributed by atoms with E-state index in [2.05, 4.69) is 27.7 Å². The van der Waals surface area contributed by atoms with Gasteiger partial charge in [-0.1, -0.05) is 73.9 Å².